The van der Waals surface area contributed by atoms with Crippen LogP contribution in [-0.4, -0.2) is 15.2 Å². The second kappa shape index (κ2) is 2.65. The summed E-state index contributed by atoms with van der Waals surface area (Å²) in [6, 6.07) is 3.24. The molecule has 0 fully saturated rings. The molecule has 60 valence electrons. The normalized spacial score (nSPS) is 10.0. The van der Waals surface area contributed by atoms with Gasteiger partial charge in [0.15, 0.2) is 5.43 Å². The Kier molecular flexibility index (Phi) is 1.51. The Balaban J connectivity index is 2.63. The molecule has 2 aromatic rings. The maximum atomic E-state index is 11.2. The number of aromatic nitrogens is 3. The van der Waals surface area contributed by atoms with Crippen molar-refractivity contribution in [3.63, 3.8) is 0 Å². The number of nitrogens with zero attached hydrogens (tertiary/aromatic N) is 1. The van der Waals surface area contributed by atoms with Gasteiger partial charge in [0, 0.05) is 24.7 Å². The summed E-state index contributed by atoms with van der Waals surface area (Å²) in [6.07, 6.45) is 4.86. The van der Waals surface area contributed by atoms with Crippen LogP contribution in [0.3, 0.4) is 0 Å². The van der Waals surface area contributed by atoms with Crippen molar-refractivity contribution in [1.82, 2.24) is 15.2 Å². The summed E-state index contributed by atoms with van der Waals surface area (Å²) in [4.78, 5) is 14.1. The van der Waals surface area contributed by atoms with Gasteiger partial charge in [-0.05, 0) is 6.07 Å². The number of aromatic amines is 2. The highest BCUT2D eigenvalue weighted by Crippen LogP contribution is 2.07. The van der Waals surface area contributed by atoms with E-state index in [9.17, 15) is 4.79 Å². The van der Waals surface area contributed by atoms with Crippen LogP contribution in [0.25, 0.3) is 11.3 Å². The smallest absolute Gasteiger partial charge is 0.190 e. The Morgan fingerprint density at radius 1 is 1.33 bits per heavy atom. The van der Waals surface area contributed by atoms with Crippen molar-refractivity contribution in [3.8, 4) is 11.3 Å². The van der Waals surface area contributed by atoms with Gasteiger partial charge in [0.1, 0.15) is 0 Å². The summed E-state index contributed by atoms with van der Waals surface area (Å²) in [5.41, 5.74) is 1.32. The Bertz CT molecular complexity index is 416. The van der Waals surface area contributed by atoms with Crippen LogP contribution in [0.2, 0.25) is 0 Å². The first kappa shape index (κ1) is 6.84. The van der Waals surface area contributed by atoms with Crippen LogP contribution in [0.1, 0.15) is 0 Å². The molecule has 0 amide bonds. The first-order chi connectivity index (χ1) is 5.88. The van der Waals surface area contributed by atoms with Crippen molar-refractivity contribution in [2.75, 3.05) is 0 Å². The number of pyridine rings is 1. The molecule has 0 bridgehead atoms. The van der Waals surface area contributed by atoms with Gasteiger partial charge in [0.25, 0.3) is 0 Å². The summed E-state index contributed by atoms with van der Waals surface area (Å²) in [5.74, 6) is 0. The van der Waals surface area contributed by atoms with E-state index in [2.05, 4.69) is 15.2 Å². The quantitative estimate of drug-likeness (QED) is 0.648. The van der Waals surface area contributed by atoms with Crippen molar-refractivity contribution in [2.24, 2.45) is 0 Å². The summed E-state index contributed by atoms with van der Waals surface area (Å²) in [6.45, 7) is 0. The van der Waals surface area contributed by atoms with Crippen LogP contribution in [0, 0.1) is 0 Å². The van der Waals surface area contributed by atoms with Gasteiger partial charge in [-0.25, -0.2) is 0 Å². The van der Waals surface area contributed by atoms with Gasteiger partial charge >= 0.3 is 0 Å². The van der Waals surface area contributed by atoms with E-state index in [-0.39, 0.29) is 5.43 Å². The van der Waals surface area contributed by atoms with Crippen LogP contribution in [0.15, 0.2) is 35.5 Å². The maximum Gasteiger partial charge on any atom is 0.190 e. The second-order valence-electron chi connectivity index (χ2n) is 2.39. The van der Waals surface area contributed by atoms with Crippen molar-refractivity contribution < 1.29 is 0 Å². The molecule has 0 unspecified atom stereocenters. The molecule has 0 aliphatic heterocycles. The molecule has 0 spiro atoms. The largest absolute Gasteiger partial charge is 0.367 e. The number of nitrogens with one attached hydrogen (secondary N) is 2. The van der Waals surface area contributed by atoms with E-state index in [1.807, 2.05) is 0 Å². The lowest BCUT2D eigenvalue weighted by Crippen LogP contribution is -2.02. The third kappa shape index (κ3) is 1.03. The summed E-state index contributed by atoms with van der Waals surface area (Å²) in [5, 5.41) is 6.49. The zero-order valence-electron chi connectivity index (χ0n) is 6.24. The zero-order valence-corrected chi connectivity index (χ0v) is 6.24. The second-order valence-corrected chi connectivity index (χ2v) is 2.39. The van der Waals surface area contributed by atoms with E-state index in [0.717, 1.165) is 5.69 Å². The lowest BCUT2D eigenvalue weighted by atomic mass is 10.2. The third-order valence-electron chi connectivity index (χ3n) is 1.61. The van der Waals surface area contributed by atoms with Gasteiger partial charge in [-0.2, -0.15) is 5.10 Å². The van der Waals surface area contributed by atoms with E-state index in [1.165, 1.54) is 6.07 Å². The third-order valence-corrected chi connectivity index (χ3v) is 1.61. The zero-order chi connectivity index (χ0) is 8.39. The summed E-state index contributed by atoms with van der Waals surface area (Å²) >= 11 is 0. The molecule has 0 saturated carbocycles. The van der Waals surface area contributed by atoms with E-state index in [0.29, 0.717) is 5.56 Å². The molecule has 0 aliphatic rings. The molecular weight excluding hydrogens is 154 g/mol. The van der Waals surface area contributed by atoms with Gasteiger partial charge in [0.05, 0.1) is 11.3 Å². The predicted molar refractivity (Wildman–Crippen MR) is 44.6 cm³/mol. The van der Waals surface area contributed by atoms with Crippen LogP contribution < -0.4 is 5.43 Å². The fourth-order valence-corrected chi connectivity index (χ4v) is 1.03. The first-order valence-corrected chi connectivity index (χ1v) is 3.55. The number of H-pyrrole nitrogens is 2. The maximum absolute atomic E-state index is 11.2. The standard InChI is InChI=1S/C8H7N3O/c12-8-2-3-9-5-6(8)7-1-4-10-11-7/h1-5H,(H,9,12)(H,10,11). The number of hydrogen-bond donors (Lipinski definition) is 2. The summed E-state index contributed by atoms with van der Waals surface area (Å²) in [7, 11) is 0. The van der Waals surface area contributed by atoms with Gasteiger partial charge < -0.3 is 4.98 Å². The average molecular weight is 161 g/mol. The van der Waals surface area contributed by atoms with Crippen molar-refractivity contribution >= 4 is 0 Å². The van der Waals surface area contributed by atoms with Gasteiger partial charge in [-0.3, -0.25) is 9.89 Å². The van der Waals surface area contributed by atoms with Crippen molar-refractivity contribution in [3.05, 3.63) is 40.9 Å². The molecule has 2 rings (SSSR count). The van der Waals surface area contributed by atoms with Gasteiger partial charge in [0.2, 0.25) is 0 Å². The fraction of sp³-hybridized carbons (Fsp3) is 0. The van der Waals surface area contributed by atoms with Crippen molar-refractivity contribution in [2.45, 2.75) is 0 Å². The number of rotatable bonds is 1. The molecule has 2 heterocycles. The monoisotopic (exact) mass is 161 g/mol. The van der Waals surface area contributed by atoms with Crippen molar-refractivity contribution in [1.29, 1.82) is 0 Å². The van der Waals surface area contributed by atoms with Gasteiger partial charge in [-0.1, -0.05) is 0 Å². The van der Waals surface area contributed by atoms with Crippen LogP contribution >= 0.6 is 0 Å². The summed E-state index contributed by atoms with van der Waals surface area (Å²) < 4.78 is 0. The molecule has 0 atom stereocenters. The molecule has 0 aromatic carbocycles. The average Bonchev–Trinajstić information content (AvgIpc) is 2.57. The van der Waals surface area contributed by atoms with Crippen LogP contribution in [0.5, 0.6) is 0 Å². The Hall–Kier alpha value is -1.84. The van der Waals surface area contributed by atoms with Crippen LogP contribution in [-0.2, 0) is 0 Å². The predicted octanol–water partition coefficient (Wildman–Crippen LogP) is 0.765. The SMILES string of the molecule is O=c1cc[nH]cc1-c1ccn[nH]1. The molecule has 0 aliphatic carbocycles. The minimum absolute atomic E-state index is 0.0157. The molecular formula is C8H7N3O. The Morgan fingerprint density at radius 2 is 2.25 bits per heavy atom. The van der Waals surface area contributed by atoms with E-state index < -0.39 is 0 Å². The Labute approximate surface area is 68.3 Å². The molecule has 0 saturated heterocycles. The molecule has 2 N–H and O–H groups in total. The minimum Gasteiger partial charge on any atom is -0.367 e. The number of hydrogen-bond acceptors (Lipinski definition) is 2. The Morgan fingerprint density at radius 3 is 2.92 bits per heavy atom. The lowest BCUT2D eigenvalue weighted by Gasteiger charge is -1.92. The highest BCUT2D eigenvalue weighted by atomic mass is 16.1. The van der Waals surface area contributed by atoms with E-state index in [4.69, 9.17) is 0 Å². The molecule has 12 heavy (non-hydrogen) atoms. The minimum atomic E-state index is -0.0157. The van der Waals surface area contributed by atoms with E-state index >= 15 is 0 Å². The van der Waals surface area contributed by atoms with Gasteiger partial charge in [-0.15, -0.1) is 0 Å². The molecule has 0 radical (unpaired) electrons. The van der Waals surface area contributed by atoms with Crippen LogP contribution in [0.4, 0.5) is 0 Å². The fourth-order valence-electron chi connectivity index (χ4n) is 1.03. The molecule has 2 aromatic heterocycles. The lowest BCUT2D eigenvalue weighted by molar-refractivity contribution is 1.09. The topological polar surface area (TPSA) is 61.5 Å². The highest BCUT2D eigenvalue weighted by Gasteiger charge is 2.01. The molecule has 4 heteroatoms. The first-order valence-electron chi connectivity index (χ1n) is 3.55. The highest BCUT2D eigenvalue weighted by molar-refractivity contribution is 5.56. The van der Waals surface area contributed by atoms with E-state index in [1.54, 1.807) is 24.7 Å². The molecule has 4 nitrogen and oxygen atoms in total.